The second kappa shape index (κ2) is 10.1. The Labute approximate surface area is 229 Å². The van der Waals surface area contributed by atoms with Crippen molar-refractivity contribution in [2.24, 2.45) is 0 Å². The number of hydrogen-bond acceptors (Lipinski definition) is 7. The molecule has 4 aliphatic rings. The smallest absolute Gasteiger partial charge is 0.418 e. The molecule has 2 aromatic rings. The highest BCUT2D eigenvalue weighted by Crippen LogP contribution is 2.46. The third-order valence-electron chi connectivity index (χ3n) is 7.69. The van der Waals surface area contributed by atoms with Crippen LogP contribution in [0.4, 0.5) is 19.7 Å². The van der Waals surface area contributed by atoms with E-state index in [1.54, 1.807) is 24.3 Å². The van der Waals surface area contributed by atoms with Crippen molar-refractivity contribution in [2.45, 2.75) is 56.6 Å². The number of carbonyl (C=O) groups is 4. The Hall–Kier alpha value is -4.19. The third kappa shape index (κ3) is 4.72. The molecule has 2 N–H and O–H groups in total. The number of carbonyl (C=O) groups excluding carboxylic acids is 4. The lowest BCUT2D eigenvalue weighted by molar-refractivity contribution is -0.153. The molecule has 5 amide bonds. The van der Waals surface area contributed by atoms with Crippen molar-refractivity contribution in [3.63, 3.8) is 0 Å². The van der Waals surface area contributed by atoms with E-state index in [4.69, 9.17) is 14.2 Å². The van der Waals surface area contributed by atoms with Crippen LogP contribution in [0.3, 0.4) is 0 Å². The standard InChI is InChI=1S/C28H29FN4O7/c1-30-26(36)31-19-5-8-21-22(13-19)38-11-10-28(21)25(35)33(27(37)40-28)15-23(34)32-14-17-2-4-18(29)12-16(17)3-9-24(32)39-20-6-7-20/h2,4-5,8,12-13,20,24H,3,6-7,9-11,14-15H2,1H3,(H2,30,31,36)/t24?,28-/m1/s1. The van der Waals surface area contributed by atoms with Crippen molar-refractivity contribution < 1.29 is 37.8 Å². The summed E-state index contributed by atoms with van der Waals surface area (Å²) in [6, 6.07) is 8.76. The quantitative estimate of drug-likeness (QED) is 0.584. The van der Waals surface area contributed by atoms with E-state index in [1.165, 1.54) is 24.1 Å². The van der Waals surface area contributed by atoms with Gasteiger partial charge in [0.15, 0.2) is 0 Å². The van der Waals surface area contributed by atoms with Crippen molar-refractivity contribution in [3.05, 3.63) is 58.9 Å². The molecule has 2 fully saturated rings. The Balaban J connectivity index is 1.24. The number of amides is 5. The summed E-state index contributed by atoms with van der Waals surface area (Å²) in [7, 11) is 1.48. The summed E-state index contributed by atoms with van der Waals surface area (Å²) in [5, 5.41) is 5.09. The zero-order valence-corrected chi connectivity index (χ0v) is 21.9. The molecule has 1 saturated heterocycles. The molecule has 40 heavy (non-hydrogen) atoms. The van der Waals surface area contributed by atoms with E-state index in [9.17, 15) is 23.6 Å². The molecule has 0 bridgehead atoms. The lowest BCUT2D eigenvalue weighted by atomic mass is 9.87. The Morgan fingerprint density at radius 1 is 1.12 bits per heavy atom. The first-order valence-electron chi connectivity index (χ1n) is 13.3. The number of nitrogens with zero attached hydrogens (tertiary/aromatic N) is 2. The zero-order chi connectivity index (χ0) is 28.0. The molecule has 6 rings (SSSR count). The maximum Gasteiger partial charge on any atom is 0.418 e. The van der Waals surface area contributed by atoms with Gasteiger partial charge in [-0.05, 0) is 61.1 Å². The van der Waals surface area contributed by atoms with Gasteiger partial charge in [-0.2, -0.15) is 0 Å². The monoisotopic (exact) mass is 552 g/mol. The van der Waals surface area contributed by atoms with Gasteiger partial charge in [0, 0.05) is 37.3 Å². The maximum absolute atomic E-state index is 13.9. The van der Waals surface area contributed by atoms with Crippen molar-refractivity contribution in [3.8, 4) is 5.75 Å². The molecule has 1 spiro atoms. The number of urea groups is 1. The van der Waals surface area contributed by atoms with Crippen LogP contribution in [0, 0.1) is 5.82 Å². The van der Waals surface area contributed by atoms with Gasteiger partial charge in [-0.3, -0.25) is 9.59 Å². The average molecular weight is 553 g/mol. The van der Waals surface area contributed by atoms with Crippen LogP contribution >= 0.6 is 0 Å². The van der Waals surface area contributed by atoms with Crippen LogP contribution in [0.15, 0.2) is 36.4 Å². The first-order chi connectivity index (χ1) is 19.3. The van der Waals surface area contributed by atoms with Crippen molar-refractivity contribution in [1.29, 1.82) is 0 Å². The highest BCUT2D eigenvalue weighted by atomic mass is 19.1. The van der Waals surface area contributed by atoms with Crippen LogP contribution in [0.5, 0.6) is 5.75 Å². The van der Waals surface area contributed by atoms with E-state index in [0.29, 0.717) is 29.8 Å². The topological polar surface area (TPSA) is 127 Å². The summed E-state index contributed by atoms with van der Waals surface area (Å²) in [4.78, 5) is 54.5. The fourth-order valence-electron chi connectivity index (χ4n) is 5.44. The van der Waals surface area contributed by atoms with Crippen LogP contribution < -0.4 is 15.4 Å². The number of anilines is 1. The first kappa shape index (κ1) is 26.1. The van der Waals surface area contributed by atoms with Gasteiger partial charge in [0.2, 0.25) is 11.5 Å². The average Bonchev–Trinajstić information content (AvgIpc) is 3.75. The minimum absolute atomic E-state index is 0.0569. The molecule has 2 aromatic carbocycles. The Kier molecular flexibility index (Phi) is 6.57. The lowest BCUT2D eigenvalue weighted by Gasteiger charge is -2.32. The summed E-state index contributed by atoms with van der Waals surface area (Å²) in [5.74, 6) is -1.17. The minimum Gasteiger partial charge on any atom is -0.493 e. The maximum atomic E-state index is 13.9. The van der Waals surface area contributed by atoms with Gasteiger partial charge in [-0.15, -0.1) is 0 Å². The first-order valence-corrected chi connectivity index (χ1v) is 13.3. The molecule has 3 aliphatic heterocycles. The van der Waals surface area contributed by atoms with Crippen molar-refractivity contribution >= 4 is 29.6 Å². The predicted molar refractivity (Wildman–Crippen MR) is 138 cm³/mol. The number of imide groups is 1. The van der Waals surface area contributed by atoms with Gasteiger partial charge in [0.25, 0.3) is 5.91 Å². The number of benzene rings is 2. The Morgan fingerprint density at radius 2 is 1.95 bits per heavy atom. The van der Waals surface area contributed by atoms with E-state index in [0.717, 1.165) is 28.9 Å². The number of rotatable bonds is 5. The molecule has 2 atom stereocenters. The molecule has 1 aliphatic carbocycles. The molecule has 3 heterocycles. The number of nitrogens with one attached hydrogen (secondary N) is 2. The van der Waals surface area contributed by atoms with Crippen molar-refractivity contribution in [1.82, 2.24) is 15.1 Å². The fraction of sp³-hybridized carbons (Fsp3) is 0.429. The number of aryl methyl sites for hydroxylation is 1. The van der Waals surface area contributed by atoms with Gasteiger partial charge < -0.3 is 29.7 Å². The molecule has 0 radical (unpaired) electrons. The summed E-state index contributed by atoms with van der Waals surface area (Å²) >= 11 is 0. The fourth-order valence-corrected chi connectivity index (χ4v) is 5.44. The molecule has 210 valence electrons. The summed E-state index contributed by atoms with van der Waals surface area (Å²) in [5.41, 5.74) is 0.739. The van der Waals surface area contributed by atoms with Gasteiger partial charge in [-0.1, -0.05) is 6.07 Å². The van der Waals surface area contributed by atoms with E-state index in [-0.39, 0.29) is 31.5 Å². The number of hydrogen-bond donors (Lipinski definition) is 2. The highest BCUT2D eigenvalue weighted by Gasteiger charge is 2.58. The Morgan fingerprint density at radius 3 is 2.73 bits per heavy atom. The van der Waals surface area contributed by atoms with Gasteiger partial charge in [0.05, 0.1) is 12.7 Å². The molecular formula is C28H29FN4O7. The second-order valence-electron chi connectivity index (χ2n) is 10.4. The van der Waals surface area contributed by atoms with E-state index in [1.807, 2.05) is 0 Å². The SMILES string of the molecule is CNC(=O)Nc1ccc2c(c1)OCC[C@@]21OC(=O)N(CC(=O)N2Cc3ccc(F)cc3CCC2OC2CC2)C1=O. The van der Waals surface area contributed by atoms with Crippen LogP contribution in [-0.2, 0) is 37.6 Å². The van der Waals surface area contributed by atoms with Crippen LogP contribution in [0.25, 0.3) is 0 Å². The van der Waals surface area contributed by atoms with E-state index in [2.05, 4.69) is 10.6 Å². The molecular weight excluding hydrogens is 523 g/mol. The van der Waals surface area contributed by atoms with Gasteiger partial charge >= 0.3 is 12.1 Å². The van der Waals surface area contributed by atoms with Gasteiger partial charge in [0.1, 0.15) is 24.3 Å². The molecule has 1 unspecified atom stereocenters. The van der Waals surface area contributed by atoms with Crippen molar-refractivity contribution in [2.75, 3.05) is 25.5 Å². The third-order valence-corrected chi connectivity index (χ3v) is 7.69. The van der Waals surface area contributed by atoms with Gasteiger partial charge in [-0.25, -0.2) is 18.9 Å². The van der Waals surface area contributed by atoms with E-state index >= 15 is 0 Å². The summed E-state index contributed by atoms with van der Waals surface area (Å²) < 4.78 is 31.4. The highest BCUT2D eigenvalue weighted by molar-refractivity contribution is 6.06. The number of fused-ring (bicyclic) bond motifs is 3. The molecule has 0 aromatic heterocycles. The molecule has 12 heteroatoms. The molecule has 11 nitrogen and oxygen atoms in total. The number of halogens is 1. The van der Waals surface area contributed by atoms with Crippen LogP contribution in [-0.4, -0.2) is 66.3 Å². The van der Waals surface area contributed by atoms with Crippen LogP contribution in [0.2, 0.25) is 0 Å². The van der Waals surface area contributed by atoms with E-state index < -0.39 is 42.3 Å². The zero-order valence-electron chi connectivity index (χ0n) is 21.9. The summed E-state index contributed by atoms with van der Waals surface area (Å²) in [6.45, 7) is -0.257. The largest absolute Gasteiger partial charge is 0.493 e. The number of ether oxygens (including phenoxy) is 3. The second-order valence-corrected chi connectivity index (χ2v) is 10.4. The lowest BCUT2D eigenvalue weighted by Crippen LogP contribution is -2.49. The minimum atomic E-state index is -1.64. The normalized spacial score (nSPS) is 23.6. The predicted octanol–water partition coefficient (Wildman–Crippen LogP) is 3.01. The summed E-state index contributed by atoms with van der Waals surface area (Å²) in [6.07, 6.45) is 1.47. The molecule has 1 saturated carbocycles. The Bertz CT molecular complexity index is 1400. The van der Waals surface area contributed by atoms with Crippen LogP contribution in [0.1, 0.15) is 42.4 Å².